The Bertz CT molecular complexity index is 1350. The molecule has 1 N–H and O–H groups in total. The number of nitrogens with zero attached hydrogens (tertiary/aromatic N) is 2. The predicted octanol–water partition coefficient (Wildman–Crippen LogP) is 3.88. The van der Waals surface area contributed by atoms with Crippen molar-refractivity contribution in [1.82, 2.24) is 5.32 Å². The fraction of sp³-hybridized carbons (Fsp3) is 0.241. The van der Waals surface area contributed by atoms with Crippen molar-refractivity contribution >= 4 is 23.5 Å². The summed E-state index contributed by atoms with van der Waals surface area (Å²) in [4.78, 5) is 39.6. The third-order valence-corrected chi connectivity index (χ3v) is 6.02. The first-order valence-electron chi connectivity index (χ1n) is 12.1. The molecular formula is C29H27N3O6. The van der Waals surface area contributed by atoms with E-state index < -0.39 is 24.2 Å². The van der Waals surface area contributed by atoms with Crippen molar-refractivity contribution in [3.63, 3.8) is 0 Å². The number of fused-ring (bicyclic) bond motifs is 1. The molecule has 9 heteroatoms. The van der Waals surface area contributed by atoms with Crippen LogP contribution < -0.4 is 15.0 Å². The van der Waals surface area contributed by atoms with Crippen LogP contribution in [0.5, 0.6) is 5.75 Å². The molecule has 1 unspecified atom stereocenters. The second-order valence-corrected chi connectivity index (χ2v) is 8.60. The molecule has 4 rings (SSSR count). The summed E-state index contributed by atoms with van der Waals surface area (Å²) in [7, 11) is 1.60. The number of anilines is 1. The fourth-order valence-electron chi connectivity index (χ4n) is 3.99. The lowest BCUT2D eigenvalue weighted by molar-refractivity contribution is -0.153. The van der Waals surface area contributed by atoms with Crippen LogP contribution >= 0.6 is 0 Å². The number of ether oxygens (including phenoxy) is 3. The number of likely N-dealkylation sites (N-methyl/N-ethyl adjacent to an activating group) is 1. The van der Waals surface area contributed by atoms with Gasteiger partial charge in [-0.3, -0.25) is 14.4 Å². The maximum Gasteiger partial charge on any atom is 0.308 e. The second-order valence-electron chi connectivity index (χ2n) is 8.60. The minimum atomic E-state index is -1.21. The van der Waals surface area contributed by atoms with Crippen molar-refractivity contribution in [1.29, 1.82) is 5.26 Å². The van der Waals surface area contributed by atoms with Crippen LogP contribution in [-0.4, -0.2) is 37.7 Å². The highest BCUT2D eigenvalue weighted by atomic mass is 16.7. The third kappa shape index (κ3) is 6.17. The lowest BCUT2D eigenvalue weighted by Gasteiger charge is -2.32. The number of benzene rings is 3. The van der Waals surface area contributed by atoms with Crippen LogP contribution in [0.4, 0.5) is 5.69 Å². The van der Waals surface area contributed by atoms with E-state index in [-0.39, 0.29) is 25.5 Å². The first kappa shape index (κ1) is 26.4. The highest BCUT2D eigenvalue weighted by Gasteiger charge is 2.34. The van der Waals surface area contributed by atoms with Gasteiger partial charge in [0, 0.05) is 12.6 Å². The summed E-state index contributed by atoms with van der Waals surface area (Å²) in [6.07, 6.45) is -1.23. The monoisotopic (exact) mass is 513 g/mol. The number of hydrogen-bond acceptors (Lipinski definition) is 7. The molecule has 1 heterocycles. The zero-order chi connectivity index (χ0) is 27.1. The molecule has 0 aromatic heterocycles. The molecule has 0 bridgehead atoms. The minimum absolute atomic E-state index is 0.0203. The Hall–Kier alpha value is -4.68. The van der Waals surface area contributed by atoms with E-state index in [9.17, 15) is 14.4 Å². The van der Waals surface area contributed by atoms with Gasteiger partial charge in [-0.2, -0.15) is 5.26 Å². The number of rotatable bonds is 9. The summed E-state index contributed by atoms with van der Waals surface area (Å²) in [5.74, 6) is -0.907. The van der Waals surface area contributed by atoms with Crippen molar-refractivity contribution in [3.8, 4) is 11.8 Å². The van der Waals surface area contributed by atoms with Gasteiger partial charge in [-0.25, -0.2) is 0 Å². The number of hydrogen-bond donors (Lipinski definition) is 1. The number of carbonyl (C=O) groups is 3. The lowest BCUT2D eigenvalue weighted by Crippen LogP contribution is -2.45. The second kappa shape index (κ2) is 12.0. The van der Waals surface area contributed by atoms with E-state index in [0.29, 0.717) is 22.6 Å². The summed E-state index contributed by atoms with van der Waals surface area (Å²) in [6, 6.07) is 22.2. The molecule has 2 atom stereocenters. The standard InChI is InChI=1S/C29H27N3O6/c1-3-36-26(33)16-23(21-7-5-4-6-8-21)31-27(34)22-13-14-24-25(15-22)38-29(28(35)32(24)2)37-18-20-11-9-19(17-30)10-12-20/h4-15,23,29H,3,16,18H2,1-2H3,(H,31,34)/t23-,29?/m0/s1. The molecular weight excluding hydrogens is 486 g/mol. The van der Waals surface area contributed by atoms with Crippen LogP contribution in [0, 0.1) is 11.3 Å². The molecule has 1 aliphatic rings. The Labute approximate surface area is 220 Å². The van der Waals surface area contributed by atoms with Gasteiger partial charge in [0.2, 0.25) is 0 Å². The van der Waals surface area contributed by atoms with Crippen LogP contribution in [-0.2, 0) is 25.7 Å². The number of amides is 2. The van der Waals surface area contributed by atoms with Gasteiger partial charge in [-0.05, 0) is 48.4 Å². The molecule has 3 aromatic carbocycles. The summed E-state index contributed by atoms with van der Waals surface area (Å²) < 4.78 is 16.6. The van der Waals surface area contributed by atoms with Crippen molar-refractivity contribution in [3.05, 3.63) is 95.1 Å². The maximum absolute atomic E-state index is 13.2. The third-order valence-electron chi connectivity index (χ3n) is 6.02. The summed E-state index contributed by atoms with van der Waals surface area (Å²) in [6.45, 7) is 2.07. The Kier molecular flexibility index (Phi) is 8.36. The van der Waals surface area contributed by atoms with Crippen molar-refractivity contribution in [2.75, 3.05) is 18.6 Å². The van der Waals surface area contributed by atoms with Gasteiger partial charge >= 0.3 is 5.97 Å². The highest BCUT2D eigenvalue weighted by molar-refractivity contribution is 6.01. The van der Waals surface area contributed by atoms with E-state index in [1.54, 1.807) is 50.4 Å². The Morgan fingerprint density at radius 2 is 1.84 bits per heavy atom. The number of nitriles is 1. The zero-order valence-electron chi connectivity index (χ0n) is 21.0. The summed E-state index contributed by atoms with van der Waals surface area (Å²) in [5, 5.41) is 11.8. The Morgan fingerprint density at radius 3 is 2.53 bits per heavy atom. The predicted molar refractivity (Wildman–Crippen MR) is 138 cm³/mol. The average Bonchev–Trinajstić information content (AvgIpc) is 2.94. The van der Waals surface area contributed by atoms with E-state index in [4.69, 9.17) is 19.5 Å². The molecule has 0 radical (unpaired) electrons. The van der Waals surface area contributed by atoms with Gasteiger partial charge in [-0.15, -0.1) is 0 Å². The van der Waals surface area contributed by atoms with Gasteiger partial charge < -0.3 is 24.4 Å². The van der Waals surface area contributed by atoms with Crippen molar-refractivity contribution < 1.29 is 28.6 Å². The molecule has 1 aliphatic heterocycles. The number of nitrogens with one attached hydrogen (secondary N) is 1. The fourth-order valence-corrected chi connectivity index (χ4v) is 3.99. The zero-order valence-corrected chi connectivity index (χ0v) is 21.0. The normalized spacial score (nSPS) is 15.0. The molecule has 194 valence electrons. The molecule has 0 aliphatic carbocycles. The SMILES string of the molecule is CCOC(=O)C[C@H](NC(=O)c1ccc2c(c1)OC(OCc1ccc(C#N)cc1)C(=O)N2C)c1ccccc1. The molecule has 9 nitrogen and oxygen atoms in total. The van der Waals surface area contributed by atoms with E-state index in [1.165, 1.54) is 11.0 Å². The molecule has 0 saturated heterocycles. The van der Waals surface area contributed by atoms with E-state index in [2.05, 4.69) is 11.4 Å². The van der Waals surface area contributed by atoms with Crippen LogP contribution in [0.25, 0.3) is 0 Å². The molecule has 0 saturated carbocycles. The molecule has 3 aromatic rings. The van der Waals surface area contributed by atoms with Crippen LogP contribution in [0.2, 0.25) is 0 Å². The molecule has 0 spiro atoms. The van der Waals surface area contributed by atoms with Crippen LogP contribution in [0.3, 0.4) is 0 Å². The number of esters is 1. The van der Waals surface area contributed by atoms with Crippen LogP contribution in [0.1, 0.15) is 46.4 Å². The van der Waals surface area contributed by atoms with E-state index in [1.807, 2.05) is 30.3 Å². The largest absolute Gasteiger partial charge is 0.466 e. The minimum Gasteiger partial charge on any atom is -0.466 e. The smallest absolute Gasteiger partial charge is 0.308 e. The summed E-state index contributed by atoms with van der Waals surface area (Å²) in [5.41, 5.74) is 2.85. The average molecular weight is 514 g/mol. The van der Waals surface area contributed by atoms with Gasteiger partial charge in [0.05, 0.1) is 43.0 Å². The van der Waals surface area contributed by atoms with Crippen molar-refractivity contribution in [2.24, 2.45) is 0 Å². The van der Waals surface area contributed by atoms with E-state index >= 15 is 0 Å². The van der Waals surface area contributed by atoms with Crippen LogP contribution in [0.15, 0.2) is 72.8 Å². The molecule has 0 fully saturated rings. The van der Waals surface area contributed by atoms with Gasteiger partial charge in [0.1, 0.15) is 5.75 Å². The first-order chi connectivity index (χ1) is 18.4. The van der Waals surface area contributed by atoms with Crippen molar-refractivity contribution in [2.45, 2.75) is 32.3 Å². The lowest BCUT2D eigenvalue weighted by atomic mass is 10.0. The Balaban J connectivity index is 1.49. The molecule has 2 amide bonds. The topological polar surface area (TPSA) is 118 Å². The number of carbonyl (C=O) groups excluding carboxylic acids is 3. The maximum atomic E-state index is 13.2. The first-order valence-corrected chi connectivity index (χ1v) is 12.1. The van der Waals surface area contributed by atoms with Gasteiger partial charge in [0.25, 0.3) is 18.1 Å². The quantitative estimate of drug-likeness (QED) is 0.432. The van der Waals surface area contributed by atoms with Gasteiger partial charge in [-0.1, -0.05) is 42.5 Å². The van der Waals surface area contributed by atoms with Gasteiger partial charge in [0.15, 0.2) is 0 Å². The molecule has 38 heavy (non-hydrogen) atoms. The summed E-state index contributed by atoms with van der Waals surface area (Å²) >= 11 is 0. The highest BCUT2D eigenvalue weighted by Crippen LogP contribution is 2.35. The van der Waals surface area contributed by atoms with E-state index in [0.717, 1.165) is 11.1 Å². The Morgan fingerprint density at radius 1 is 1.11 bits per heavy atom.